The van der Waals surface area contributed by atoms with E-state index in [9.17, 15) is 0 Å². The van der Waals surface area contributed by atoms with E-state index in [-0.39, 0.29) is 1.43 Å². The van der Waals surface area contributed by atoms with Gasteiger partial charge in [-0.2, -0.15) is 0 Å². The molecule has 1 saturated heterocycles. The first kappa shape index (κ1) is 2.58. The highest BCUT2D eigenvalue weighted by Gasteiger charge is 2.20. The molecule has 1 aliphatic rings. The van der Waals surface area contributed by atoms with Crippen molar-refractivity contribution in [1.82, 2.24) is 0 Å². The molecule has 0 aromatic heterocycles. The highest BCUT2D eigenvalue weighted by Crippen LogP contribution is 1.97. The van der Waals surface area contributed by atoms with E-state index in [1.54, 1.807) is 0 Å². The summed E-state index contributed by atoms with van der Waals surface area (Å²) < 4.78 is 8.82. The van der Waals surface area contributed by atoms with Crippen LogP contribution < -0.4 is 0 Å². The lowest BCUT2D eigenvalue weighted by Gasteiger charge is -1.33. The average molecular weight is 93.2 g/mol. The fraction of sp³-hybridized carbons (Fsp3) is 0. The Kier molecular flexibility index (Phi) is 0.419. The lowest BCUT2D eigenvalue weighted by molar-refractivity contribution is 0.0850. The van der Waals surface area contributed by atoms with Gasteiger partial charge in [0, 0.05) is 0 Å². The molecule has 0 atom stereocenters. The van der Waals surface area contributed by atoms with Crippen molar-refractivity contribution in [3.63, 3.8) is 0 Å². The summed E-state index contributed by atoms with van der Waals surface area (Å²) in [5.74, 6) is 0. The van der Waals surface area contributed by atoms with Crippen molar-refractivity contribution in [2.75, 3.05) is 0 Å². The number of hydrogen-bond donors (Lipinski definition) is 0. The zero-order valence-corrected chi connectivity index (χ0v) is 5.55. The molecule has 0 unspecified atom stereocenters. The van der Waals surface area contributed by atoms with Gasteiger partial charge in [-0.25, -0.2) is 0 Å². The Morgan fingerprint density at radius 3 is 2.00 bits per heavy atom. The molecule has 4 heteroatoms. The summed E-state index contributed by atoms with van der Waals surface area (Å²) in [5.41, 5.74) is 0. The molecular formula is H5O2Si2+. The summed E-state index contributed by atoms with van der Waals surface area (Å²) in [6.07, 6.45) is 0. The highest BCUT2D eigenvalue weighted by atomic mass is 29.2. The summed E-state index contributed by atoms with van der Waals surface area (Å²) in [7, 11) is 0.404. The van der Waals surface area contributed by atoms with Gasteiger partial charge in [0.1, 0.15) is 0 Å². The van der Waals surface area contributed by atoms with Crippen LogP contribution >= 0.6 is 0 Å². The Morgan fingerprint density at radius 2 is 2.00 bits per heavy atom. The van der Waals surface area contributed by atoms with E-state index in [1.807, 2.05) is 0 Å². The van der Waals surface area contributed by atoms with Crippen LogP contribution in [0.25, 0.3) is 0 Å². The van der Waals surface area contributed by atoms with Crippen LogP contribution in [0.1, 0.15) is 1.43 Å². The van der Waals surface area contributed by atoms with E-state index in [0.717, 1.165) is 9.76 Å². The summed E-state index contributed by atoms with van der Waals surface area (Å²) in [4.78, 5) is 0. The smallest absolute Gasteiger partial charge is 0.267 e. The van der Waals surface area contributed by atoms with Gasteiger partial charge in [0.25, 0.3) is 0 Å². The van der Waals surface area contributed by atoms with Gasteiger partial charge >= 0.3 is 10.2 Å². The van der Waals surface area contributed by atoms with Crippen molar-refractivity contribution < 1.29 is 10.6 Å². The molecule has 1 heterocycles. The normalized spacial score (nSPS) is 27.0. The first-order chi connectivity index (χ1) is 1.89. The molecule has 0 radical (unpaired) electrons. The molecule has 0 aliphatic carbocycles. The van der Waals surface area contributed by atoms with Crippen molar-refractivity contribution in [3.05, 3.63) is 0 Å². The van der Waals surface area contributed by atoms with Gasteiger partial charge in [-0.1, -0.05) is 0 Å². The Bertz CT molecular complexity index is 26.8. The third-order valence-corrected chi connectivity index (χ3v) is 2.02. The van der Waals surface area contributed by atoms with Crippen molar-refractivity contribution >= 4 is 18.6 Å². The third kappa shape index (κ3) is 0.384. The number of hydrogen-bond acceptors (Lipinski definition) is 2. The highest BCUT2D eigenvalue weighted by molar-refractivity contribution is 6.98. The third-order valence-electron chi connectivity index (χ3n) is 0.289. The Morgan fingerprint density at radius 1 is 1.75 bits per heavy atom. The first-order valence-electron chi connectivity index (χ1n) is 1.22. The maximum Gasteiger partial charge on any atom is 1.00 e. The largest absolute Gasteiger partial charge is 1.00 e. The van der Waals surface area contributed by atoms with Crippen LogP contribution in [0, 0.1) is 0 Å². The minimum atomic E-state index is -0.750. The van der Waals surface area contributed by atoms with Gasteiger partial charge in [-0.3, -0.25) is 9.15 Å². The molecule has 2 nitrogen and oxygen atoms in total. The second-order valence-electron chi connectivity index (χ2n) is 0.760. The molecule has 1 rings (SSSR count). The van der Waals surface area contributed by atoms with E-state index in [0.29, 0.717) is 0 Å². The maximum atomic E-state index is 4.41. The van der Waals surface area contributed by atoms with E-state index in [2.05, 4.69) is 9.15 Å². The minimum absolute atomic E-state index is 0. The van der Waals surface area contributed by atoms with Gasteiger partial charge in [-0.05, 0) is 0 Å². The molecule has 4 heavy (non-hydrogen) atoms. The van der Waals surface area contributed by atoms with E-state index in [1.165, 1.54) is 0 Å². The predicted molar refractivity (Wildman–Crippen MR) is 20.4 cm³/mol. The van der Waals surface area contributed by atoms with Crippen LogP contribution in [0.4, 0.5) is 0 Å². The monoisotopic (exact) mass is 93.0 g/mol. The van der Waals surface area contributed by atoms with Crippen LogP contribution in [-0.2, 0) is 9.15 Å². The second kappa shape index (κ2) is 0.648. The van der Waals surface area contributed by atoms with Gasteiger partial charge in [0.15, 0.2) is 0 Å². The zero-order chi connectivity index (χ0) is 2.99. The molecule has 0 bridgehead atoms. The summed E-state index contributed by atoms with van der Waals surface area (Å²) in [6, 6.07) is 0. The number of rotatable bonds is 0. The minimum Gasteiger partial charge on any atom is -0.267 e. The van der Waals surface area contributed by atoms with E-state index < -0.39 is 8.80 Å². The standard InChI is InChI=1S/H4O2Si2/c3-4-1-2-4/h4H,3H3/p+1. The molecular weight excluding hydrogens is 88.2 g/mol. The predicted octanol–water partition coefficient (Wildman–Crippen LogP) is -1.86. The Hall–Kier alpha value is 0.354. The maximum absolute atomic E-state index is 4.41. The molecule has 0 aromatic rings. The van der Waals surface area contributed by atoms with Gasteiger partial charge in [0.2, 0.25) is 0 Å². The van der Waals surface area contributed by atoms with Crippen molar-refractivity contribution in [2.24, 2.45) is 0 Å². The molecule has 0 spiro atoms. The quantitative estimate of drug-likeness (QED) is 0.199. The SMILES string of the molecule is [H+].[SiH3][SiH]1OO1. The van der Waals surface area contributed by atoms with Crippen LogP contribution in [0.5, 0.6) is 0 Å². The molecule has 0 N–H and O–H groups in total. The summed E-state index contributed by atoms with van der Waals surface area (Å²) in [5, 5.41) is 0. The van der Waals surface area contributed by atoms with Gasteiger partial charge in [-0.15, -0.1) is 0 Å². The Labute approximate surface area is 30.2 Å². The molecule has 0 saturated carbocycles. The van der Waals surface area contributed by atoms with E-state index in [4.69, 9.17) is 0 Å². The van der Waals surface area contributed by atoms with Crippen molar-refractivity contribution in [3.8, 4) is 0 Å². The zero-order valence-electron chi connectivity index (χ0n) is 3.39. The molecule has 0 amide bonds. The molecule has 1 fully saturated rings. The van der Waals surface area contributed by atoms with Crippen LogP contribution in [0.3, 0.4) is 0 Å². The van der Waals surface area contributed by atoms with Crippen molar-refractivity contribution in [1.29, 1.82) is 0 Å². The topological polar surface area (TPSA) is 25.1 Å². The Balaban J connectivity index is 0.000000160. The van der Waals surface area contributed by atoms with Gasteiger partial charge in [0.05, 0.1) is 9.76 Å². The van der Waals surface area contributed by atoms with Gasteiger partial charge < -0.3 is 0 Å². The lowest BCUT2D eigenvalue weighted by Crippen LogP contribution is -1.81. The van der Waals surface area contributed by atoms with Crippen molar-refractivity contribution in [2.45, 2.75) is 0 Å². The molecule has 1 aliphatic heterocycles. The summed E-state index contributed by atoms with van der Waals surface area (Å²) in [6.45, 7) is 0. The van der Waals surface area contributed by atoms with Crippen LogP contribution in [0.2, 0.25) is 0 Å². The van der Waals surface area contributed by atoms with Crippen LogP contribution in [-0.4, -0.2) is 18.6 Å². The fourth-order valence-electron chi connectivity index (χ4n) is 0.0556. The van der Waals surface area contributed by atoms with E-state index >= 15 is 0 Å². The summed E-state index contributed by atoms with van der Waals surface area (Å²) >= 11 is 0. The first-order valence-corrected chi connectivity index (χ1v) is 6.78. The molecule has 0 aromatic carbocycles. The lowest BCUT2D eigenvalue weighted by atomic mass is 15.0. The second-order valence-corrected chi connectivity index (χ2v) is 5.11. The van der Waals surface area contributed by atoms with Crippen LogP contribution in [0.15, 0.2) is 0 Å². The molecule has 24 valence electrons. The average Bonchev–Trinajstić information content (AvgIpc) is 1.75. The fourth-order valence-corrected chi connectivity index (χ4v) is 1.50.